The van der Waals surface area contributed by atoms with Crippen molar-refractivity contribution in [3.8, 4) is 22.3 Å². The van der Waals surface area contributed by atoms with Crippen LogP contribution in [0, 0.1) is 3.57 Å². The second kappa shape index (κ2) is 8.49. The first-order valence-corrected chi connectivity index (χ1v) is 13.8. The molecule has 172 valence electrons. The first kappa shape index (κ1) is 23.6. The van der Waals surface area contributed by atoms with Gasteiger partial charge in [-0.1, -0.05) is 114 Å². The largest absolute Gasteiger partial charge is 0.135 e. The lowest BCUT2D eigenvalue weighted by Crippen LogP contribution is -2.16. The number of hydrogen-bond acceptors (Lipinski definition) is 1. The lowest BCUT2D eigenvalue weighted by atomic mass is 9.79. The Morgan fingerprint density at radius 2 is 1.15 bits per heavy atom. The van der Waals surface area contributed by atoms with Crippen LogP contribution in [0.25, 0.3) is 42.4 Å². The minimum Gasteiger partial charge on any atom is -0.135 e. The first-order chi connectivity index (χ1) is 16.0. The van der Waals surface area contributed by atoms with Crippen LogP contribution in [0.4, 0.5) is 0 Å². The fourth-order valence-corrected chi connectivity index (χ4v) is 6.76. The second-order valence-electron chi connectivity index (χ2n) is 11.2. The summed E-state index contributed by atoms with van der Waals surface area (Å²) in [7, 11) is 0. The van der Waals surface area contributed by atoms with E-state index in [4.69, 9.17) is 0 Å². The van der Waals surface area contributed by atoms with Crippen molar-refractivity contribution in [1.82, 2.24) is 0 Å². The average molecular weight is 575 g/mol. The molecule has 0 saturated carbocycles. The summed E-state index contributed by atoms with van der Waals surface area (Å²) in [6.07, 6.45) is 0. The number of fused-ring (bicyclic) bond motifs is 3. The minimum absolute atomic E-state index is 0.0989. The Kier molecular flexibility index (Phi) is 5.89. The van der Waals surface area contributed by atoms with E-state index in [9.17, 15) is 0 Å². The van der Waals surface area contributed by atoms with E-state index in [1.165, 1.54) is 57.1 Å². The van der Waals surface area contributed by atoms with E-state index >= 15 is 0 Å². The number of benzene rings is 4. The van der Waals surface area contributed by atoms with Gasteiger partial charge < -0.3 is 0 Å². The fraction of sp³-hybridized carbons (Fsp3) is 0.250. The molecule has 5 aromatic rings. The lowest BCUT2D eigenvalue weighted by molar-refractivity contribution is 0.569. The molecule has 34 heavy (non-hydrogen) atoms. The first-order valence-electron chi connectivity index (χ1n) is 11.9. The van der Waals surface area contributed by atoms with Gasteiger partial charge in [-0.25, -0.2) is 0 Å². The second-order valence-corrected chi connectivity index (χ2v) is 13.4. The summed E-state index contributed by atoms with van der Waals surface area (Å²) in [5.74, 6) is 0. The molecular formula is C32H31IS. The van der Waals surface area contributed by atoms with Crippen molar-refractivity contribution in [3.63, 3.8) is 0 Å². The third-order valence-electron chi connectivity index (χ3n) is 6.67. The van der Waals surface area contributed by atoms with E-state index in [-0.39, 0.29) is 10.8 Å². The third kappa shape index (κ3) is 4.20. The van der Waals surface area contributed by atoms with Crippen LogP contribution >= 0.6 is 33.9 Å². The predicted octanol–water partition coefficient (Wildman–Crippen LogP) is 10.6. The molecule has 5 rings (SSSR count). The summed E-state index contributed by atoms with van der Waals surface area (Å²) < 4.78 is 4.04. The summed E-state index contributed by atoms with van der Waals surface area (Å²) in [6, 6.07) is 29.5. The van der Waals surface area contributed by atoms with E-state index < -0.39 is 0 Å². The van der Waals surface area contributed by atoms with Crippen molar-refractivity contribution < 1.29 is 0 Å². The number of thiophene rings is 1. The molecule has 0 amide bonds. The van der Waals surface area contributed by atoms with Crippen LogP contribution in [-0.2, 0) is 10.8 Å². The maximum atomic E-state index is 2.57. The summed E-state index contributed by atoms with van der Waals surface area (Å²) >= 11 is 4.47. The molecule has 1 aromatic heterocycles. The van der Waals surface area contributed by atoms with E-state index in [2.05, 4.69) is 143 Å². The number of halogens is 1. The van der Waals surface area contributed by atoms with Crippen LogP contribution in [0.2, 0.25) is 0 Å². The van der Waals surface area contributed by atoms with Gasteiger partial charge in [-0.3, -0.25) is 0 Å². The standard InChI is InChI=1S/C32H31IS/c1-31(2,3)21-17-20(18-22(19-21)32(4,5)6)23-12-9-13-25(29(23)33)27-15-10-14-26-24-11-7-8-16-28(24)34-30(26)27/h7-19H,1-6H3. The highest BCUT2D eigenvalue weighted by molar-refractivity contribution is 14.1. The Morgan fingerprint density at radius 3 is 1.82 bits per heavy atom. The quantitative estimate of drug-likeness (QED) is 0.184. The Morgan fingerprint density at radius 1 is 0.588 bits per heavy atom. The van der Waals surface area contributed by atoms with Gasteiger partial charge in [0.1, 0.15) is 0 Å². The summed E-state index contributed by atoms with van der Waals surface area (Å²) in [4.78, 5) is 0. The summed E-state index contributed by atoms with van der Waals surface area (Å²) in [5.41, 5.74) is 8.25. The molecule has 0 radical (unpaired) electrons. The highest BCUT2D eigenvalue weighted by Crippen LogP contribution is 2.43. The SMILES string of the molecule is CC(C)(C)c1cc(-c2cccc(-c3cccc4c3sc3ccccc34)c2I)cc(C(C)(C)C)c1. The molecule has 4 aromatic carbocycles. The molecule has 0 bridgehead atoms. The molecule has 0 aliphatic heterocycles. The summed E-state index contributed by atoms with van der Waals surface area (Å²) in [6.45, 7) is 13.8. The molecule has 0 N–H and O–H groups in total. The van der Waals surface area contributed by atoms with Gasteiger partial charge in [0.15, 0.2) is 0 Å². The van der Waals surface area contributed by atoms with Gasteiger partial charge in [0, 0.05) is 29.3 Å². The zero-order valence-electron chi connectivity index (χ0n) is 20.8. The van der Waals surface area contributed by atoms with Crippen molar-refractivity contribution in [2.45, 2.75) is 52.4 Å². The van der Waals surface area contributed by atoms with Crippen LogP contribution in [0.5, 0.6) is 0 Å². The van der Waals surface area contributed by atoms with E-state index in [0.717, 1.165) is 0 Å². The monoisotopic (exact) mass is 574 g/mol. The molecule has 1 heterocycles. The van der Waals surface area contributed by atoms with Crippen molar-refractivity contribution >= 4 is 54.1 Å². The molecule has 0 unspecified atom stereocenters. The molecule has 0 aliphatic carbocycles. The van der Waals surface area contributed by atoms with Crippen molar-refractivity contribution in [2.24, 2.45) is 0 Å². The Balaban J connectivity index is 1.74. The molecule has 0 spiro atoms. The molecule has 2 heteroatoms. The zero-order chi connectivity index (χ0) is 24.3. The van der Waals surface area contributed by atoms with Gasteiger partial charge in [-0.2, -0.15) is 0 Å². The van der Waals surface area contributed by atoms with Crippen LogP contribution in [-0.4, -0.2) is 0 Å². The van der Waals surface area contributed by atoms with E-state index in [1.54, 1.807) is 0 Å². The minimum atomic E-state index is 0.0989. The topological polar surface area (TPSA) is 0 Å². The van der Waals surface area contributed by atoms with Gasteiger partial charge in [-0.15, -0.1) is 11.3 Å². The predicted molar refractivity (Wildman–Crippen MR) is 160 cm³/mol. The number of hydrogen-bond donors (Lipinski definition) is 0. The lowest BCUT2D eigenvalue weighted by Gasteiger charge is -2.26. The number of rotatable bonds is 2. The molecule has 0 aliphatic rings. The Hall–Kier alpha value is -2.17. The highest BCUT2D eigenvalue weighted by Gasteiger charge is 2.22. The maximum Gasteiger partial charge on any atom is 0.0434 e. The Labute approximate surface area is 221 Å². The summed E-state index contributed by atoms with van der Waals surface area (Å²) in [5, 5.41) is 2.70. The molecular weight excluding hydrogens is 543 g/mol. The Bertz CT molecular complexity index is 1490. The van der Waals surface area contributed by atoms with Crippen LogP contribution < -0.4 is 0 Å². The van der Waals surface area contributed by atoms with Crippen LogP contribution in [0.15, 0.2) is 78.9 Å². The fourth-order valence-electron chi connectivity index (χ4n) is 4.57. The smallest absolute Gasteiger partial charge is 0.0434 e. The molecule has 0 atom stereocenters. The van der Waals surface area contributed by atoms with Gasteiger partial charge in [-0.05, 0) is 67.3 Å². The van der Waals surface area contributed by atoms with Crippen molar-refractivity contribution in [1.29, 1.82) is 0 Å². The van der Waals surface area contributed by atoms with Crippen molar-refractivity contribution in [2.75, 3.05) is 0 Å². The average Bonchev–Trinajstić information content (AvgIpc) is 3.17. The van der Waals surface area contributed by atoms with Gasteiger partial charge >= 0.3 is 0 Å². The van der Waals surface area contributed by atoms with Gasteiger partial charge in [0.05, 0.1) is 0 Å². The normalized spacial score (nSPS) is 12.6. The van der Waals surface area contributed by atoms with Crippen LogP contribution in [0.3, 0.4) is 0 Å². The molecule has 0 saturated heterocycles. The van der Waals surface area contributed by atoms with Crippen molar-refractivity contribution in [3.05, 3.63) is 93.6 Å². The molecule has 0 fully saturated rings. The van der Waals surface area contributed by atoms with E-state index in [0.29, 0.717) is 0 Å². The third-order valence-corrected chi connectivity index (χ3v) is 9.05. The van der Waals surface area contributed by atoms with Gasteiger partial charge in [0.2, 0.25) is 0 Å². The zero-order valence-corrected chi connectivity index (χ0v) is 23.8. The van der Waals surface area contributed by atoms with Gasteiger partial charge in [0.25, 0.3) is 0 Å². The highest BCUT2D eigenvalue weighted by atomic mass is 127. The molecule has 0 nitrogen and oxygen atoms in total. The maximum absolute atomic E-state index is 2.57. The van der Waals surface area contributed by atoms with Crippen LogP contribution in [0.1, 0.15) is 52.7 Å². The van der Waals surface area contributed by atoms with E-state index in [1.807, 2.05) is 11.3 Å².